The number of rotatable bonds is 4. The largest absolute Gasteiger partial charge is 0.323 e. The van der Waals surface area contributed by atoms with Gasteiger partial charge in [0.1, 0.15) is 5.82 Å². The van der Waals surface area contributed by atoms with Crippen molar-refractivity contribution in [2.45, 2.75) is 11.4 Å². The maximum Gasteiger partial charge on any atom is 0.257 e. The molecular formula is C20H16FN3O3S2. The highest BCUT2D eigenvalue weighted by Crippen LogP contribution is 2.42. The lowest BCUT2D eigenvalue weighted by molar-refractivity contribution is 0.0765. The molecule has 2 aromatic carbocycles. The molecule has 9 heteroatoms. The fraction of sp³-hybridized carbons (Fsp3) is 0.200. The number of fused-ring (bicyclic) bond motifs is 3. The summed E-state index contributed by atoms with van der Waals surface area (Å²) in [5.41, 5.74) is 2.04. The summed E-state index contributed by atoms with van der Waals surface area (Å²) in [5, 5.41) is 0.405. The van der Waals surface area contributed by atoms with Crippen molar-refractivity contribution in [3.8, 4) is 12.3 Å². The molecule has 6 nitrogen and oxygen atoms in total. The van der Waals surface area contributed by atoms with Gasteiger partial charge in [-0.05, 0) is 47.7 Å². The zero-order chi connectivity index (χ0) is 20.6. The summed E-state index contributed by atoms with van der Waals surface area (Å²) in [7, 11) is -3.44. The van der Waals surface area contributed by atoms with E-state index in [1.54, 1.807) is 30.3 Å². The first-order valence-corrected chi connectivity index (χ1v) is 11.2. The Bertz CT molecular complexity index is 1150. The first-order chi connectivity index (χ1) is 13.9. The van der Waals surface area contributed by atoms with E-state index in [-0.39, 0.29) is 30.6 Å². The Hall–Kier alpha value is -2.83. The van der Waals surface area contributed by atoms with Gasteiger partial charge in [-0.1, -0.05) is 18.1 Å². The van der Waals surface area contributed by atoms with Crippen LogP contribution >= 0.6 is 11.8 Å². The SMILES string of the molecule is C#CCN(Cc1ccc(F)cc1)C(=O)c1ccc2c(c1)SC1=NS(=O)(=O)CCN12. The number of anilines is 1. The monoisotopic (exact) mass is 429 g/mol. The van der Waals surface area contributed by atoms with Gasteiger partial charge in [-0.15, -0.1) is 10.8 Å². The third-order valence-electron chi connectivity index (χ3n) is 4.58. The van der Waals surface area contributed by atoms with Crippen LogP contribution in [0.5, 0.6) is 0 Å². The molecule has 0 radical (unpaired) electrons. The molecule has 0 spiro atoms. The Morgan fingerprint density at radius 3 is 2.76 bits per heavy atom. The number of carbonyl (C=O) groups is 1. The Kier molecular flexibility index (Phi) is 5.06. The third kappa shape index (κ3) is 3.99. The van der Waals surface area contributed by atoms with Crippen LogP contribution in [0.4, 0.5) is 10.1 Å². The van der Waals surface area contributed by atoms with Crippen molar-refractivity contribution in [1.29, 1.82) is 0 Å². The summed E-state index contributed by atoms with van der Waals surface area (Å²) in [6, 6.07) is 11.1. The van der Waals surface area contributed by atoms with Crippen LogP contribution in [-0.2, 0) is 16.6 Å². The minimum absolute atomic E-state index is 0.0369. The summed E-state index contributed by atoms with van der Waals surface area (Å²) in [4.78, 5) is 17.1. The molecule has 2 aromatic rings. The molecule has 2 heterocycles. The van der Waals surface area contributed by atoms with Crippen molar-refractivity contribution in [2.75, 3.05) is 23.7 Å². The van der Waals surface area contributed by atoms with E-state index in [0.717, 1.165) is 16.1 Å². The van der Waals surface area contributed by atoms with Crippen LogP contribution in [0.15, 0.2) is 51.8 Å². The zero-order valence-corrected chi connectivity index (χ0v) is 16.8. The van der Waals surface area contributed by atoms with Gasteiger partial charge in [0.25, 0.3) is 15.9 Å². The average molecular weight is 429 g/mol. The predicted octanol–water partition coefficient (Wildman–Crippen LogP) is 2.71. The number of halogens is 1. The summed E-state index contributed by atoms with van der Waals surface area (Å²) in [6.07, 6.45) is 5.43. The highest BCUT2D eigenvalue weighted by Gasteiger charge is 2.33. The Labute approximate surface area is 172 Å². The van der Waals surface area contributed by atoms with E-state index in [1.165, 1.54) is 28.8 Å². The molecule has 0 aromatic heterocycles. The number of sulfonamides is 1. The van der Waals surface area contributed by atoms with Crippen LogP contribution in [0.2, 0.25) is 0 Å². The van der Waals surface area contributed by atoms with Crippen molar-refractivity contribution in [3.63, 3.8) is 0 Å². The van der Waals surface area contributed by atoms with Crippen molar-refractivity contribution in [2.24, 2.45) is 4.40 Å². The number of terminal acetylenes is 1. The van der Waals surface area contributed by atoms with E-state index in [9.17, 15) is 17.6 Å². The predicted molar refractivity (Wildman–Crippen MR) is 111 cm³/mol. The van der Waals surface area contributed by atoms with Crippen LogP contribution in [0.3, 0.4) is 0 Å². The number of benzene rings is 2. The molecule has 4 rings (SSSR count). The fourth-order valence-corrected chi connectivity index (χ4v) is 5.46. The van der Waals surface area contributed by atoms with Gasteiger partial charge in [-0.3, -0.25) is 4.79 Å². The number of hydrogen-bond donors (Lipinski definition) is 0. The summed E-state index contributed by atoms with van der Waals surface area (Å²) in [6.45, 7) is 0.699. The lowest BCUT2D eigenvalue weighted by Gasteiger charge is -2.23. The molecule has 0 unspecified atom stereocenters. The maximum absolute atomic E-state index is 13.1. The number of carbonyl (C=O) groups excluding carboxylic acids is 1. The van der Waals surface area contributed by atoms with Crippen LogP contribution in [0.25, 0.3) is 0 Å². The molecule has 148 valence electrons. The number of nitrogens with zero attached hydrogens (tertiary/aromatic N) is 3. The molecule has 0 fully saturated rings. The lowest BCUT2D eigenvalue weighted by Crippen LogP contribution is -2.35. The van der Waals surface area contributed by atoms with E-state index >= 15 is 0 Å². The summed E-state index contributed by atoms with van der Waals surface area (Å²) >= 11 is 1.23. The van der Waals surface area contributed by atoms with Gasteiger partial charge >= 0.3 is 0 Å². The first kappa shape index (κ1) is 19.5. The van der Waals surface area contributed by atoms with Crippen LogP contribution in [0, 0.1) is 18.2 Å². The summed E-state index contributed by atoms with van der Waals surface area (Å²) < 4.78 is 40.4. The molecule has 0 N–H and O–H groups in total. The second kappa shape index (κ2) is 7.54. The van der Waals surface area contributed by atoms with Crippen LogP contribution in [0.1, 0.15) is 15.9 Å². The lowest BCUT2D eigenvalue weighted by atomic mass is 10.1. The highest BCUT2D eigenvalue weighted by atomic mass is 32.2. The van der Waals surface area contributed by atoms with Gasteiger partial charge in [-0.2, -0.15) is 0 Å². The van der Waals surface area contributed by atoms with Gasteiger partial charge < -0.3 is 9.80 Å². The van der Waals surface area contributed by atoms with Crippen molar-refractivity contribution < 1.29 is 17.6 Å². The molecule has 29 heavy (non-hydrogen) atoms. The normalized spacial score (nSPS) is 16.4. The minimum Gasteiger partial charge on any atom is -0.323 e. The molecule has 2 aliphatic rings. The average Bonchev–Trinajstić information content (AvgIpc) is 3.04. The van der Waals surface area contributed by atoms with E-state index in [2.05, 4.69) is 10.3 Å². The number of thioether (sulfide) groups is 1. The van der Waals surface area contributed by atoms with Gasteiger partial charge in [0.15, 0.2) is 5.17 Å². The van der Waals surface area contributed by atoms with E-state index in [4.69, 9.17) is 6.42 Å². The second-order valence-corrected chi connectivity index (χ2v) is 9.35. The van der Waals surface area contributed by atoms with Crippen molar-refractivity contribution >= 4 is 38.5 Å². The number of amidine groups is 1. The standard InChI is InChI=1S/C20H16FN3O3S2/c1-2-9-23(13-14-3-6-16(21)7-4-14)19(25)15-5-8-17-18(12-15)28-20-22-29(26,27)11-10-24(17)20/h1,3-8,12H,9-11,13H2. The Morgan fingerprint density at radius 2 is 2.03 bits per heavy atom. The zero-order valence-electron chi connectivity index (χ0n) is 15.2. The molecular weight excluding hydrogens is 413 g/mol. The third-order valence-corrected chi connectivity index (χ3v) is 6.88. The van der Waals surface area contributed by atoms with Gasteiger partial charge in [0.2, 0.25) is 0 Å². The Morgan fingerprint density at radius 1 is 1.28 bits per heavy atom. The number of hydrogen-bond acceptors (Lipinski definition) is 5. The van der Waals surface area contributed by atoms with E-state index < -0.39 is 10.0 Å². The van der Waals surface area contributed by atoms with Gasteiger partial charge in [0.05, 0.1) is 18.0 Å². The molecule has 0 saturated heterocycles. The molecule has 1 amide bonds. The van der Waals surface area contributed by atoms with Crippen molar-refractivity contribution in [1.82, 2.24) is 4.90 Å². The van der Waals surface area contributed by atoms with Crippen LogP contribution in [-0.4, -0.2) is 43.2 Å². The van der Waals surface area contributed by atoms with Crippen LogP contribution < -0.4 is 4.90 Å². The van der Waals surface area contributed by atoms with E-state index in [0.29, 0.717) is 17.3 Å². The van der Waals surface area contributed by atoms with Gasteiger partial charge in [-0.25, -0.2) is 12.8 Å². The molecule has 0 saturated carbocycles. The molecule has 0 atom stereocenters. The minimum atomic E-state index is -3.44. The molecule has 0 bridgehead atoms. The first-order valence-electron chi connectivity index (χ1n) is 8.75. The van der Waals surface area contributed by atoms with Crippen molar-refractivity contribution in [3.05, 3.63) is 59.4 Å². The van der Waals surface area contributed by atoms with E-state index in [1.807, 2.05) is 4.90 Å². The summed E-state index contributed by atoms with van der Waals surface area (Å²) in [5.74, 6) is 1.85. The quantitative estimate of drug-likeness (QED) is 0.699. The fourth-order valence-electron chi connectivity index (χ4n) is 3.17. The topological polar surface area (TPSA) is 70.0 Å². The Balaban J connectivity index is 1.59. The number of amides is 1. The maximum atomic E-state index is 13.1. The second-order valence-electron chi connectivity index (χ2n) is 6.59. The molecule has 2 aliphatic heterocycles. The molecule has 0 aliphatic carbocycles. The smallest absolute Gasteiger partial charge is 0.257 e. The van der Waals surface area contributed by atoms with Gasteiger partial charge in [0, 0.05) is 23.5 Å². The highest BCUT2D eigenvalue weighted by molar-refractivity contribution is 8.15.